The second-order valence-electron chi connectivity index (χ2n) is 5.00. The number of alkyl halides is 2. The molecule has 1 aliphatic rings. The number of hydrogen-bond acceptors (Lipinski definition) is 4. The lowest BCUT2D eigenvalue weighted by molar-refractivity contribution is -0.0660. The van der Waals surface area contributed by atoms with E-state index in [1.165, 1.54) is 17.1 Å². The molecule has 0 unspecified atom stereocenters. The highest BCUT2D eigenvalue weighted by Crippen LogP contribution is 2.20. The van der Waals surface area contributed by atoms with Crippen molar-refractivity contribution in [3.05, 3.63) is 42.4 Å². The third-order valence-corrected chi connectivity index (χ3v) is 3.24. The smallest absolute Gasteiger partial charge is 0.288 e. The summed E-state index contributed by atoms with van der Waals surface area (Å²) in [5, 5.41) is 4.05. The number of ether oxygens (including phenoxy) is 1. The van der Waals surface area contributed by atoms with Crippen molar-refractivity contribution >= 4 is 5.91 Å². The quantitative estimate of drug-likeness (QED) is 0.841. The first kappa shape index (κ1) is 14.6. The highest BCUT2D eigenvalue weighted by atomic mass is 19.3. The first-order valence-electron chi connectivity index (χ1n) is 6.76. The summed E-state index contributed by atoms with van der Waals surface area (Å²) in [5.74, 6) is -2.98. The van der Waals surface area contributed by atoms with Crippen LogP contribution in [0.2, 0.25) is 0 Å². The molecule has 22 heavy (non-hydrogen) atoms. The van der Waals surface area contributed by atoms with E-state index in [4.69, 9.17) is 4.74 Å². The van der Waals surface area contributed by atoms with E-state index in [0.29, 0.717) is 5.82 Å². The van der Waals surface area contributed by atoms with Crippen molar-refractivity contribution in [1.29, 1.82) is 0 Å². The molecule has 1 fully saturated rings. The van der Waals surface area contributed by atoms with Crippen LogP contribution in [-0.4, -0.2) is 57.8 Å². The molecule has 0 N–H and O–H groups in total. The van der Waals surface area contributed by atoms with Gasteiger partial charge in [-0.2, -0.15) is 5.10 Å². The zero-order valence-corrected chi connectivity index (χ0v) is 11.7. The van der Waals surface area contributed by atoms with Crippen molar-refractivity contribution in [3.8, 4) is 5.82 Å². The Labute approximate surface area is 125 Å². The molecule has 0 bridgehead atoms. The summed E-state index contributed by atoms with van der Waals surface area (Å²) < 4.78 is 33.3. The highest BCUT2D eigenvalue weighted by molar-refractivity contribution is 5.93. The molecule has 0 radical (unpaired) electrons. The average Bonchev–Trinajstić information content (AvgIpc) is 2.93. The highest BCUT2D eigenvalue weighted by Gasteiger charge is 2.36. The number of carbonyl (C=O) groups is 1. The number of pyridine rings is 1. The first-order valence-corrected chi connectivity index (χ1v) is 6.76. The average molecular weight is 308 g/mol. The molecule has 6 nitrogen and oxygen atoms in total. The van der Waals surface area contributed by atoms with E-state index in [0.717, 1.165) is 4.90 Å². The molecule has 0 aromatic carbocycles. The summed E-state index contributed by atoms with van der Waals surface area (Å²) >= 11 is 0. The summed E-state index contributed by atoms with van der Waals surface area (Å²) in [5.41, 5.74) is 0.239. The molecule has 3 heterocycles. The van der Waals surface area contributed by atoms with Crippen LogP contribution in [0.4, 0.5) is 8.78 Å². The number of carbonyl (C=O) groups excluding carboxylic acids is 1. The lowest BCUT2D eigenvalue weighted by atomic mass is 10.2. The normalized spacial score (nSPS) is 18.0. The van der Waals surface area contributed by atoms with Crippen LogP contribution < -0.4 is 0 Å². The minimum atomic E-state index is -3.04. The van der Waals surface area contributed by atoms with Gasteiger partial charge in [0.2, 0.25) is 0 Å². The van der Waals surface area contributed by atoms with Gasteiger partial charge in [-0.1, -0.05) is 6.07 Å². The van der Waals surface area contributed by atoms with Crippen LogP contribution in [0.25, 0.3) is 5.82 Å². The van der Waals surface area contributed by atoms with Gasteiger partial charge in [-0.25, -0.2) is 18.4 Å². The van der Waals surface area contributed by atoms with Crippen molar-refractivity contribution < 1.29 is 18.3 Å². The molecule has 0 atom stereocenters. The lowest BCUT2D eigenvalue weighted by Crippen LogP contribution is -2.41. The predicted molar refractivity (Wildman–Crippen MR) is 73.0 cm³/mol. The zero-order valence-electron chi connectivity index (χ0n) is 11.7. The monoisotopic (exact) mass is 308 g/mol. The largest absolute Gasteiger partial charge is 0.373 e. The number of nitrogens with zero attached hydrogens (tertiary/aromatic N) is 4. The standard InChI is InChI=1S/C14H14F2N4O2/c15-14(16)9-19(5-6-22-10-14)13(21)11-7-18-20(8-11)12-3-1-2-4-17-12/h1-4,7-8H,5-6,9-10H2. The van der Waals surface area contributed by atoms with Gasteiger partial charge in [0.15, 0.2) is 5.82 Å². The Morgan fingerprint density at radius 2 is 2.23 bits per heavy atom. The molecule has 1 saturated heterocycles. The summed E-state index contributed by atoms with van der Waals surface area (Å²) in [4.78, 5) is 17.5. The molecule has 1 amide bonds. The van der Waals surface area contributed by atoms with Crippen molar-refractivity contribution in [2.75, 3.05) is 26.3 Å². The maximum Gasteiger partial charge on any atom is 0.288 e. The Bertz CT molecular complexity index is 660. The van der Waals surface area contributed by atoms with Crippen molar-refractivity contribution in [3.63, 3.8) is 0 Å². The Kier molecular flexibility index (Phi) is 3.84. The molecule has 2 aromatic rings. The second kappa shape index (κ2) is 5.80. The van der Waals surface area contributed by atoms with Crippen LogP contribution in [0.1, 0.15) is 10.4 Å². The summed E-state index contributed by atoms with van der Waals surface area (Å²) in [6.45, 7) is -1.09. The molecule has 0 aliphatic carbocycles. The van der Waals surface area contributed by atoms with Crippen LogP contribution in [0, 0.1) is 0 Å². The fourth-order valence-electron chi connectivity index (χ4n) is 2.20. The van der Waals surface area contributed by atoms with Crippen molar-refractivity contribution in [2.24, 2.45) is 0 Å². The van der Waals surface area contributed by atoms with E-state index in [1.807, 2.05) is 0 Å². The zero-order chi connectivity index (χ0) is 15.6. The van der Waals surface area contributed by atoms with Gasteiger partial charge in [-0.15, -0.1) is 0 Å². The minimum absolute atomic E-state index is 0.0930. The van der Waals surface area contributed by atoms with E-state index in [9.17, 15) is 13.6 Å². The molecular weight excluding hydrogens is 294 g/mol. The molecule has 1 aliphatic heterocycles. The minimum Gasteiger partial charge on any atom is -0.373 e. The fraction of sp³-hybridized carbons (Fsp3) is 0.357. The number of amides is 1. The van der Waals surface area contributed by atoms with Gasteiger partial charge in [-0.3, -0.25) is 4.79 Å². The van der Waals surface area contributed by atoms with Crippen molar-refractivity contribution in [2.45, 2.75) is 5.92 Å². The van der Waals surface area contributed by atoms with Gasteiger partial charge >= 0.3 is 0 Å². The van der Waals surface area contributed by atoms with Gasteiger partial charge in [-0.05, 0) is 12.1 Å². The number of aromatic nitrogens is 3. The molecule has 2 aromatic heterocycles. The van der Waals surface area contributed by atoms with E-state index in [-0.39, 0.29) is 18.7 Å². The Balaban J connectivity index is 1.79. The fourth-order valence-corrected chi connectivity index (χ4v) is 2.20. The third kappa shape index (κ3) is 3.11. The molecular formula is C14H14F2N4O2. The van der Waals surface area contributed by atoms with Crippen LogP contribution in [0.15, 0.2) is 36.8 Å². The predicted octanol–water partition coefficient (Wildman–Crippen LogP) is 1.38. The second-order valence-corrected chi connectivity index (χ2v) is 5.00. The van der Waals surface area contributed by atoms with Crippen LogP contribution in [-0.2, 0) is 4.74 Å². The van der Waals surface area contributed by atoms with E-state index < -0.39 is 25.0 Å². The molecule has 0 saturated carbocycles. The van der Waals surface area contributed by atoms with Gasteiger partial charge in [0.05, 0.1) is 24.9 Å². The van der Waals surface area contributed by atoms with Crippen molar-refractivity contribution in [1.82, 2.24) is 19.7 Å². The third-order valence-electron chi connectivity index (χ3n) is 3.24. The van der Waals surface area contributed by atoms with Crippen LogP contribution in [0.3, 0.4) is 0 Å². The maximum atomic E-state index is 13.5. The lowest BCUT2D eigenvalue weighted by Gasteiger charge is -2.22. The van der Waals surface area contributed by atoms with Crippen LogP contribution in [0.5, 0.6) is 0 Å². The first-order chi connectivity index (χ1) is 10.6. The SMILES string of the molecule is O=C(c1cnn(-c2ccccn2)c1)N1CCOCC(F)(F)C1. The van der Waals surface area contributed by atoms with Gasteiger partial charge < -0.3 is 9.64 Å². The van der Waals surface area contributed by atoms with E-state index in [1.54, 1.807) is 24.4 Å². The Morgan fingerprint density at radius 3 is 3.00 bits per heavy atom. The maximum absolute atomic E-state index is 13.5. The number of halogens is 2. The molecule has 8 heteroatoms. The Hall–Kier alpha value is -2.35. The Morgan fingerprint density at radius 1 is 1.36 bits per heavy atom. The molecule has 0 spiro atoms. The topological polar surface area (TPSA) is 60.2 Å². The van der Waals surface area contributed by atoms with Gasteiger partial charge in [0.25, 0.3) is 11.8 Å². The summed E-state index contributed by atoms with van der Waals surface area (Å²) in [6, 6.07) is 5.28. The summed E-state index contributed by atoms with van der Waals surface area (Å²) in [6.07, 6.45) is 4.43. The number of rotatable bonds is 2. The summed E-state index contributed by atoms with van der Waals surface area (Å²) in [7, 11) is 0. The molecule has 116 valence electrons. The van der Waals surface area contributed by atoms with Gasteiger partial charge in [0.1, 0.15) is 6.61 Å². The molecule has 3 rings (SSSR count). The van der Waals surface area contributed by atoms with Gasteiger partial charge in [0, 0.05) is 18.9 Å². The van der Waals surface area contributed by atoms with E-state index in [2.05, 4.69) is 10.1 Å². The van der Waals surface area contributed by atoms with Crippen LogP contribution >= 0.6 is 0 Å². The van der Waals surface area contributed by atoms with E-state index >= 15 is 0 Å². The number of hydrogen-bond donors (Lipinski definition) is 0.